The molecule has 0 heterocycles. The van der Waals surface area contributed by atoms with Gasteiger partial charge in [0.25, 0.3) is 10.9 Å². The second-order valence-electron chi connectivity index (χ2n) is 2.37. The van der Waals surface area contributed by atoms with E-state index in [1.165, 1.54) is 0 Å². The summed E-state index contributed by atoms with van der Waals surface area (Å²) in [5, 5.41) is 0. The van der Waals surface area contributed by atoms with Gasteiger partial charge < -0.3 is 0 Å². The maximum Gasteiger partial charge on any atom is 0.521 e. The topological polar surface area (TPSA) is 60.7 Å². The third kappa shape index (κ3) is 3.01. The predicted molar refractivity (Wildman–Crippen MR) is 50.4 cm³/mol. The molecule has 0 aliphatic rings. The fourth-order valence-corrected chi connectivity index (χ4v) is 2.81. The molecule has 0 spiro atoms. The lowest BCUT2D eigenvalue weighted by Gasteiger charge is -1.90. The molecular weight excluding hydrogens is 195 g/mol. The largest absolute Gasteiger partial charge is 0.521 e. The van der Waals surface area contributed by atoms with Crippen LogP contribution in [0.2, 0.25) is 0 Å². The lowest BCUT2D eigenvalue weighted by atomic mass is 10.2. The van der Waals surface area contributed by atoms with Gasteiger partial charge in [-0.15, -0.1) is 0 Å². The Kier molecular flexibility index (Phi) is 2.99. The highest BCUT2D eigenvalue weighted by Crippen LogP contribution is 2.34. The van der Waals surface area contributed by atoms with Gasteiger partial charge in [-0.2, -0.15) is 0 Å². The van der Waals surface area contributed by atoms with E-state index in [9.17, 15) is 0 Å². The van der Waals surface area contributed by atoms with Crippen molar-refractivity contribution in [3.05, 3.63) is 29.8 Å². The van der Waals surface area contributed by atoms with Crippen LogP contribution in [0.4, 0.5) is 0 Å². The summed E-state index contributed by atoms with van der Waals surface area (Å²) in [6, 6.07) is 7.21. The molecule has 0 bridgehead atoms. The molecule has 0 saturated carbocycles. The van der Waals surface area contributed by atoms with Gasteiger partial charge in [0.1, 0.15) is 0 Å². The van der Waals surface area contributed by atoms with Gasteiger partial charge >= 0.3 is 6.72 Å². The Labute approximate surface area is 74.5 Å². The monoisotopic (exact) mass is 205 g/mol. The molecule has 1 rings (SSSR count). The number of hydrogen-bond donors (Lipinski definition) is 3. The molecule has 0 saturated heterocycles. The lowest BCUT2D eigenvalue weighted by Crippen LogP contribution is -1.83. The highest BCUT2D eigenvalue weighted by molar-refractivity contribution is 8.16. The van der Waals surface area contributed by atoms with Crippen LogP contribution in [0.25, 0.3) is 0 Å². The molecule has 0 atom stereocenters. The molecule has 0 amide bonds. The van der Waals surface area contributed by atoms with Crippen molar-refractivity contribution < 1.29 is 14.7 Å². The Morgan fingerprint density at radius 3 is 2.25 bits per heavy atom. The predicted octanol–water partition coefficient (Wildman–Crippen LogP) is 1.09. The van der Waals surface area contributed by atoms with Crippen molar-refractivity contribution in [1.82, 2.24) is 0 Å². The minimum Gasteiger partial charge on any atom is -0.289 e. The molecule has 12 heavy (non-hydrogen) atoms. The Morgan fingerprint density at radius 2 is 1.75 bits per heavy atom. The second-order valence-corrected chi connectivity index (χ2v) is 6.04. The highest BCUT2D eigenvalue weighted by Gasteiger charge is 2.21. The number of hydrogen-bond acceptors (Lipinski definition) is 0. The van der Waals surface area contributed by atoms with Crippen molar-refractivity contribution in [3.8, 4) is 0 Å². The van der Waals surface area contributed by atoms with E-state index in [-0.39, 0.29) is 0 Å². The molecular formula is C7H10O3PS+. The maximum absolute atomic E-state index is 8.78. The van der Waals surface area contributed by atoms with Gasteiger partial charge in [0.2, 0.25) is 4.90 Å². The normalized spacial score (nSPS) is 11.3. The zero-order valence-electron chi connectivity index (χ0n) is 6.51. The molecule has 3 nitrogen and oxygen atoms in total. The quantitative estimate of drug-likeness (QED) is 0.475. The van der Waals surface area contributed by atoms with Crippen molar-refractivity contribution >= 4 is 17.7 Å². The van der Waals surface area contributed by atoms with Crippen LogP contribution < -0.4 is 0 Å². The van der Waals surface area contributed by atoms with Crippen LogP contribution in [-0.4, -0.2) is 14.7 Å². The summed E-state index contributed by atoms with van der Waals surface area (Å²) < 4.78 is 0. The second kappa shape index (κ2) is 3.64. The van der Waals surface area contributed by atoms with Crippen LogP contribution in [0.1, 0.15) is 5.56 Å². The molecule has 0 radical (unpaired) electrons. The van der Waals surface area contributed by atoms with Crippen molar-refractivity contribution in [2.75, 3.05) is 0 Å². The molecule has 1 aromatic rings. The Morgan fingerprint density at radius 1 is 1.17 bits per heavy atom. The summed E-state index contributed by atoms with van der Waals surface area (Å²) in [6.07, 6.45) is 0. The number of benzene rings is 1. The van der Waals surface area contributed by atoms with E-state index in [0.717, 1.165) is 5.56 Å². The van der Waals surface area contributed by atoms with Crippen LogP contribution in [0.5, 0.6) is 0 Å². The molecule has 0 aliphatic heterocycles. The van der Waals surface area contributed by atoms with Gasteiger partial charge in [0.05, 0.1) is 0 Å². The molecule has 66 valence electrons. The first-order chi connectivity index (χ1) is 5.49. The van der Waals surface area contributed by atoms with Gasteiger partial charge in [0, 0.05) is 11.6 Å². The van der Waals surface area contributed by atoms with Gasteiger partial charge in [0.15, 0.2) is 0 Å². The summed E-state index contributed by atoms with van der Waals surface area (Å²) in [4.78, 5) is 27.0. The minimum atomic E-state index is -3.75. The first kappa shape index (κ1) is 9.84. The Hall–Kier alpha value is -0.250. The van der Waals surface area contributed by atoms with Gasteiger partial charge in [-0.1, -0.05) is 18.2 Å². The van der Waals surface area contributed by atoms with Crippen LogP contribution in [0.3, 0.4) is 0 Å². The lowest BCUT2D eigenvalue weighted by molar-refractivity contribution is 0.363. The molecule has 1 aromatic carbocycles. The Balaban J connectivity index is 3.14. The molecule has 3 N–H and O–H groups in total. The fraction of sp³-hybridized carbons (Fsp3) is 0.143. The summed E-state index contributed by atoms with van der Waals surface area (Å²) in [5.41, 5.74) is 0.920. The number of rotatable bonds is 1. The first-order valence-corrected chi connectivity index (χ1v) is 6.38. The van der Waals surface area contributed by atoms with Crippen LogP contribution >= 0.6 is 6.72 Å². The van der Waals surface area contributed by atoms with E-state index < -0.39 is 6.72 Å². The fourth-order valence-electron chi connectivity index (χ4n) is 0.791. The summed E-state index contributed by atoms with van der Waals surface area (Å²) in [6.45, 7) is -1.90. The van der Waals surface area contributed by atoms with Crippen molar-refractivity contribution in [2.45, 2.75) is 11.8 Å². The van der Waals surface area contributed by atoms with Crippen LogP contribution in [0, 0.1) is 6.92 Å². The average molecular weight is 205 g/mol. The zero-order valence-corrected chi connectivity index (χ0v) is 8.22. The van der Waals surface area contributed by atoms with E-state index in [1.54, 1.807) is 12.1 Å². The summed E-state index contributed by atoms with van der Waals surface area (Å²) >= 11 is 0. The summed E-state index contributed by atoms with van der Waals surface area (Å²) in [7, 11) is 0.705. The van der Waals surface area contributed by atoms with E-state index in [0.29, 0.717) is 15.8 Å². The van der Waals surface area contributed by atoms with Gasteiger partial charge in [-0.25, -0.2) is 0 Å². The van der Waals surface area contributed by atoms with Crippen molar-refractivity contribution in [1.29, 1.82) is 0 Å². The molecule has 0 fully saturated rings. The van der Waals surface area contributed by atoms with Crippen LogP contribution in [-0.2, 0) is 10.9 Å². The van der Waals surface area contributed by atoms with Crippen LogP contribution in [0.15, 0.2) is 29.2 Å². The minimum absolute atomic E-state index is 0.693. The zero-order chi connectivity index (χ0) is 9.19. The van der Waals surface area contributed by atoms with E-state index in [2.05, 4.69) is 0 Å². The van der Waals surface area contributed by atoms with E-state index >= 15 is 0 Å². The molecule has 0 unspecified atom stereocenters. The molecule has 0 aromatic heterocycles. The smallest absolute Gasteiger partial charge is 0.289 e. The standard InChI is InChI=1S/C7H10O3PS/c1-6-4-2-3-5-7(6)12-11(8,9)10/h2-5,8-10H,1H3/q+1. The third-order valence-electron chi connectivity index (χ3n) is 1.31. The van der Waals surface area contributed by atoms with E-state index in [1.807, 2.05) is 19.1 Å². The van der Waals surface area contributed by atoms with Gasteiger partial charge in [-0.05, 0) is 6.92 Å². The van der Waals surface area contributed by atoms with Gasteiger partial charge in [-0.3, -0.25) is 14.7 Å². The third-order valence-corrected chi connectivity index (χ3v) is 3.54. The average Bonchev–Trinajstić information content (AvgIpc) is 1.91. The van der Waals surface area contributed by atoms with E-state index in [4.69, 9.17) is 14.7 Å². The summed E-state index contributed by atoms with van der Waals surface area (Å²) in [5.74, 6) is 0. The van der Waals surface area contributed by atoms with Crippen molar-refractivity contribution in [2.24, 2.45) is 0 Å². The molecule has 0 aliphatic carbocycles. The van der Waals surface area contributed by atoms with Crippen molar-refractivity contribution in [3.63, 3.8) is 0 Å². The first-order valence-electron chi connectivity index (χ1n) is 3.31. The maximum atomic E-state index is 8.78. The highest BCUT2D eigenvalue weighted by atomic mass is 32.5. The number of aryl methyl sites for hydroxylation is 1. The molecule has 5 heteroatoms. The Bertz CT molecular complexity index is 323. The SMILES string of the molecule is Cc1ccccc1[S+]=P(O)(O)O.